The van der Waals surface area contributed by atoms with Crippen LogP contribution in [0.25, 0.3) is 0 Å². The molecule has 5 heterocycles. The summed E-state index contributed by atoms with van der Waals surface area (Å²) >= 11 is 31.2. The number of hydrogen-bond donors (Lipinski definition) is 0. The topological polar surface area (TPSA) is 12.5 Å². The minimum Gasteiger partial charge on any atom is -0.379 e. The van der Waals surface area contributed by atoms with Gasteiger partial charge in [-0.15, -0.1) is 45.3 Å². The second kappa shape index (κ2) is 32.6. The van der Waals surface area contributed by atoms with Crippen molar-refractivity contribution in [1.82, 2.24) is 4.90 Å². The van der Waals surface area contributed by atoms with Crippen LogP contribution in [0.15, 0.2) is 66.7 Å². The van der Waals surface area contributed by atoms with Gasteiger partial charge in [-0.3, -0.25) is 4.90 Å². The molecule has 0 atom stereocenters. The van der Waals surface area contributed by atoms with E-state index in [2.05, 4.69) is 110 Å². The zero-order chi connectivity index (χ0) is 56.1. The van der Waals surface area contributed by atoms with Crippen molar-refractivity contribution in [2.75, 3.05) is 32.8 Å². The lowest BCUT2D eigenvalue weighted by atomic mass is 9.79. The predicted molar refractivity (Wildman–Crippen MR) is 329 cm³/mol. The van der Waals surface area contributed by atoms with E-state index < -0.39 is 17.5 Å². The maximum atomic E-state index is 13.1. The van der Waals surface area contributed by atoms with E-state index in [1.54, 1.807) is 40.1 Å². The average molecular weight is 1200 g/mol. The fourth-order valence-electron chi connectivity index (χ4n) is 8.62. The zero-order valence-corrected chi connectivity index (χ0v) is 52.0. The van der Waals surface area contributed by atoms with Gasteiger partial charge in [-0.05, 0) is 97.9 Å². The van der Waals surface area contributed by atoms with Gasteiger partial charge in [0, 0.05) is 44.9 Å². The summed E-state index contributed by atoms with van der Waals surface area (Å²) in [7, 11) is 0. The average Bonchev–Trinajstić information content (AvgIpc) is 4.30. The van der Waals surface area contributed by atoms with Crippen molar-refractivity contribution >= 4 is 91.8 Å². The molecule has 4 aromatic heterocycles. The second-order valence-electron chi connectivity index (χ2n) is 19.6. The summed E-state index contributed by atoms with van der Waals surface area (Å²) in [5.41, 5.74) is 1.71. The Morgan fingerprint density at radius 2 is 1.08 bits per heavy atom. The van der Waals surface area contributed by atoms with Crippen LogP contribution in [0.1, 0.15) is 175 Å². The zero-order valence-electron chi connectivity index (χ0n) is 45.7. The summed E-state index contributed by atoms with van der Waals surface area (Å²) in [4.78, 5) is 11.1. The van der Waals surface area contributed by atoms with E-state index in [1.165, 1.54) is 78.0 Å². The van der Waals surface area contributed by atoms with Crippen molar-refractivity contribution < 1.29 is 17.9 Å². The molecule has 0 radical (unpaired) electrons. The van der Waals surface area contributed by atoms with E-state index in [1.807, 2.05) is 52.8 Å². The van der Waals surface area contributed by atoms with E-state index in [4.69, 9.17) is 51.1 Å². The number of nitrogens with zero attached hydrogens (tertiary/aromatic N) is 1. The summed E-state index contributed by atoms with van der Waals surface area (Å²) in [5, 5.41) is 3.25. The summed E-state index contributed by atoms with van der Waals surface area (Å²) in [6.45, 7) is 23.2. The maximum Gasteiger partial charge on any atom is 0.194 e. The third kappa shape index (κ3) is 20.1. The predicted octanol–water partition coefficient (Wildman–Crippen LogP) is 20.4. The first-order chi connectivity index (χ1) is 36.9. The number of thiophene rings is 4. The SMILES string of the molecule is CC.CC(C)c1sc(C#CC2CCCC2)cc1Cl.CC(C)c1sc(C#CCN2CCOCC2)cc1Cl.CC(C)c1sc(C#CCc2cc(F)c(F)c(F)c2)cc1Cl.Cc1sc(C#CC2(c3ccccc3)CCCC2)cc1Cl. The van der Waals surface area contributed by atoms with Crippen LogP contribution in [-0.2, 0) is 16.6 Å². The highest BCUT2D eigenvalue weighted by Gasteiger charge is 2.33. The van der Waals surface area contributed by atoms with Gasteiger partial charge < -0.3 is 4.74 Å². The van der Waals surface area contributed by atoms with E-state index in [0.29, 0.717) is 34.3 Å². The smallest absolute Gasteiger partial charge is 0.194 e. The minimum absolute atomic E-state index is 0.0473. The van der Waals surface area contributed by atoms with Crippen LogP contribution in [0.2, 0.25) is 20.1 Å². The molecule has 3 fully saturated rings. The molecule has 9 rings (SSSR count). The first-order valence-corrected chi connectivity index (χ1v) is 31.3. The Bertz CT molecular complexity index is 3030. The molecule has 410 valence electrons. The molecular formula is C64H70Cl4F3NOS4. The van der Waals surface area contributed by atoms with Crippen LogP contribution in [0.3, 0.4) is 0 Å². The molecule has 2 aromatic carbocycles. The number of rotatable bonds is 6. The standard InChI is InChI=1S/C18H17ClS.C16H12ClF3S.C14H18ClNOS.C14H17ClS.C2H6/c1-14-17(19)13-16(20-14)9-12-18(10-5-6-11-18)15-7-3-2-4-8-15;1-9(2)16-12(17)8-11(21-16)5-3-4-10-6-13(18)15(20)14(19)7-10;1-11(2)14-13(15)10-12(18-14)4-3-5-16-6-8-17-9-7-16;1-10(2)14-13(15)9-12(16-14)8-7-11-5-3-4-6-11;1-2/h2-4,7-8,13H,5-6,10-11H2,1H3;6-9H,4H2,1-2H3;10-11H,5-9H2,1-2H3;9-11H,3-6H2,1-2H3;1-2H3. The van der Waals surface area contributed by atoms with Gasteiger partial charge in [0.15, 0.2) is 17.5 Å². The largest absolute Gasteiger partial charge is 0.379 e. The monoisotopic (exact) mass is 1190 g/mol. The number of aryl methyl sites for hydroxylation is 1. The van der Waals surface area contributed by atoms with Crippen LogP contribution in [-0.4, -0.2) is 37.7 Å². The van der Waals surface area contributed by atoms with Gasteiger partial charge in [-0.1, -0.05) is 205 Å². The highest BCUT2D eigenvalue weighted by molar-refractivity contribution is 7.14. The van der Waals surface area contributed by atoms with Gasteiger partial charge in [0.25, 0.3) is 0 Å². The maximum absolute atomic E-state index is 13.1. The number of halogens is 7. The van der Waals surface area contributed by atoms with Crippen molar-refractivity contribution in [3.05, 3.63) is 154 Å². The summed E-state index contributed by atoms with van der Waals surface area (Å²) in [6, 6.07) is 20.4. The molecule has 0 bridgehead atoms. The van der Waals surface area contributed by atoms with Crippen LogP contribution in [0.5, 0.6) is 0 Å². The number of hydrogen-bond acceptors (Lipinski definition) is 6. The van der Waals surface area contributed by atoms with Crippen LogP contribution in [0, 0.1) is 77.7 Å². The van der Waals surface area contributed by atoms with Crippen LogP contribution >= 0.6 is 91.8 Å². The third-order valence-electron chi connectivity index (χ3n) is 12.7. The molecule has 2 saturated carbocycles. The lowest BCUT2D eigenvalue weighted by molar-refractivity contribution is 0.0443. The first kappa shape index (κ1) is 64.2. The van der Waals surface area contributed by atoms with Crippen molar-refractivity contribution in [3.63, 3.8) is 0 Å². The molecule has 13 heteroatoms. The Balaban J connectivity index is 0.000000188. The van der Waals surface area contributed by atoms with Gasteiger partial charge in [0.2, 0.25) is 0 Å². The number of morpholine rings is 1. The summed E-state index contributed by atoms with van der Waals surface area (Å²) in [6.07, 6.45) is 10.3. The van der Waals surface area contributed by atoms with Gasteiger partial charge in [0.05, 0.1) is 64.8 Å². The molecule has 3 aliphatic rings. The van der Waals surface area contributed by atoms with Crippen molar-refractivity contribution in [2.24, 2.45) is 5.92 Å². The third-order valence-corrected chi connectivity index (χ3v) is 19.5. The quantitative estimate of drug-likeness (QED) is 0.122. The number of ether oxygens (including phenoxy) is 1. The minimum atomic E-state index is -1.46. The van der Waals surface area contributed by atoms with Gasteiger partial charge in [0.1, 0.15) is 0 Å². The Hall–Kier alpha value is -3.65. The van der Waals surface area contributed by atoms with E-state index in [9.17, 15) is 13.2 Å². The van der Waals surface area contributed by atoms with Gasteiger partial charge >= 0.3 is 0 Å². The molecule has 0 N–H and O–H groups in total. The van der Waals surface area contributed by atoms with Crippen LogP contribution in [0.4, 0.5) is 13.2 Å². The van der Waals surface area contributed by atoms with E-state index in [-0.39, 0.29) is 11.8 Å². The highest BCUT2D eigenvalue weighted by Crippen LogP contribution is 2.41. The lowest BCUT2D eigenvalue weighted by Gasteiger charge is -2.24. The fraction of sp³-hybridized carbons (Fsp3) is 0.438. The molecular weight excluding hydrogens is 1130 g/mol. The fourth-order valence-corrected chi connectivity index (χ4v) is 14.0. The van der Waals surface area contributed by atoms with Crippen molar-refractivity contribution in [3.8, 4) is 47.4 Å². The van der Waals surface area contributed by atoms with Crippen molar-refractivity contribution in [1.29, 1.82) is 0 Å². The van der Waals surface area contributed by atoms with Gasteiger partial charge in [-0.25, -0.2) is 13.2 Å². The van der Waals surface area contributed by atoms with Gasteiger partial charge in [-0.2, -0.15) is 0 Å². The molecule has 2 aliphatic carbocycles. The van der Waals surface area contributed by atoms with Crippen LogP contribution < -0.4 is 0 Å². The molecule has 0 spiro atoms. The molecule has 77 heavy (non-hydrogen) atoms. The Labute approximate surface area is 494 Å². The normalized spacial score (nSPS) is 14.6. The van der Waals surface area contributed by atoms with E-state index in [0.717, 1.165) is 89.3 Å². The Morgan fingerprint density at radius 3 is 1.55 bits per heavy atom. The molecule has 1 aliphatic heterocycles. The molecule has 1 saturated heterocycles. The second-order valence-corrected chi connectivity index (χ2v) is 25.8. The molecule has 0 unspecified atom stereocenters. The Morgan fingerprint density at radius 1 is 0.610 bits per heavy atom. The van der Waals surface area contributed by atoms with Crippen molar-refractivity contribution in [2.45, 2.75) is 143 Å². The van der Waals surface area contributed by atoms with E-state index >= 15 is 0 Å². The molecule has 2 nitrogen and oxygen atoms in total. The molecule has 0 amide bonds. The first-order valence-electron chi connectivity index (χ1n) is 26.6. The Kier molecular flexibility index (Phi) is 27.1. The lowest BCUT2D eigenvalue weighted by Crippen LogP contribution is -2.36. The summed E-state index contributed by atoms with van der Waals surface area (Å²) in [5.74, 6) is 23.8. The molecule has 6 aromatic rings. The summed E-state index contributed by atoms with van der Waals surface area (Å²) < 4.78 is 44.2. The number of benzene rings is 2. The highest BCUT2D eigenvalue weighted by atomic mass is 35.5.